The number of rotatable bonds is 5. The van der Waals surface area contributed by atoms with E-state index < -0.39 is 0 Å². The van der Waals surface area contributed by atoms with Crippen molar-refractivity contribution in [3.63, 3.8) is 0 Å². The quantitative estimate of drug-likeness (QED) is 0.740. The van der Waals surface area contributed by atoms with Gasteiger partial charge in [0, 0.05) is 13.1 Å². The number of hydrogen-bond acceptors (Lipinski definition) is 2. The predicted octanol–water partition coefficient (Wildman–Crippen LogP) is 1.63. The zero-order valence-corrected chi connectivity index (χ0v) is 8.11. The lowest BCUT2D eigenvalue weighted by atomic mass is 10.2. The first-order valence-corrected chi connectivity index (χ1v) is 4.59. The van der Waals surface area contributed by atoms with Crippen LogP contribution in [0.25, 0.3) is 0 Å². The highest BCUT2D eigenvalue weighted by atomic mass is 15.1. The normalized spacial score (nSPS) is 10.7. The average Bonchev–Trinajstić information content (AvgIpc) is 2.16. The van der Waals surface area contributed by atoms with Gasteiger partial charge in [0.2, 0.25) is 0 Å². The summed E-state index contributed by atoms with van der Waals surface area (Å²) in [7, 11) is 2.11. The molecule has 1 aromatic rings. The van der Waals surface area contributed by atoms with E-state index in [-0.39, 0.29) is 0 Å². The zero-order valence-electron chi connectivity index (χ0n) is 8.11. The summed E-state index contributed by atoms with van der Waals surface area (Å²) >= 11 is 0. The molecule has 13 heavy (non-hydrogen) atoms. The van der Waals surface area contributed by atoms with Crippen LogP contribution in [0.1, 0.15) is 12.0 Å². The molecule has 0 fully saturated rings. The number of nitrogens with zero attached hydrogens (tertiary/aromatic N) is 1. The van der Waals surface area contributed by atoms with E-state index in [0.717, 1.165) is 19.5 Å². The summed E-state index contributed by atoms with van der Waals surface area (Å²) in [6, 6.07) is 10.5. The molecule has 2 N–H and O–H groups in total. The van der Waals surface area contributed by atoms with Gasteiger partial charge in [0.05, 0.1) is 0 Å². The number of nitrogens with two attached hydrogens (primary N) is 1. The minimum Gasteiger partial charge on any atom is -0.326 e. The highest BCUT2D eigenvalue weighted by Gasteiger charge is 1.97. The molecule has 0 saturated carbocycles. The molecular weight excluding hydrogens is 160 g/mol. The number of benzene rings is 1. The molecule has 0 aliphatic carbocycles. The van der Waals surface area contributed by atoms with E-state index in [2.05, 4.69) is 36.2 Å². The van der Waals surface area contributed by atoms with Crippen LogP contribution in [0.4, 0.5) is 0 Å². The molecule has 2 nitrogen and oxygen atoms in total. The van der Waals surface area contributed by atoms with E-state index in [4.69, 9.17) is 5.73 Å². The number of hydrogen-bond donors (Lipinski definition) is 1. The highest BCUT2D eigenvalue weighted by Crippen LogP contribution is 2.02. The molecule has 1 radical (unpaired) electrons. The van der Waals surface area contributed by atoms with E-state index >= 15 is 0 Å². The van der Waals surface area contributed by atoms with Gasteiger partial charge < -0.3 is 10.6 Å². The monoisotopic (exact) mass is 177 g/mol. The van der Waals surface area contributed by atoms with E-state index in [0.29, 0.717) is 0 Å². The van der Waals surface area contributed by atoms with Crippen LogP contribution >= 0.6 is 0 Å². The average molecular weight is 177 g/mol. The molecule has 2 heteroatoms. The first kappa shape index (κ1) is 10.2. The third kappa shape index (κ3) is 4.06. The maximum absolute atomic E-state index is 5.32. The van der Waals surface area contributed by atoms with Crippen molar-refractivity contribution in [2.24, 2.45) is 5.73 Å². The van der Waals surface area contributed by atoms with Crippen molar-refractivity contribution in [3.05, 3.63) is 42.4 Å². The fraction of sp³-hybridized carbons (Fsp3) is 0.364. The van der Waals surface area contributed by atoms with E-state index in [9.17, 15) is 0 Å². The van der Waals surface area contributed by atoms with Crippen molar-refractivity contribution in [1.82, 2.24) is 4.90 Å². The van der Waals surface area contributed by atoms with Crippen molar-refractivity contribution in [2.75, 3.05) is 13.6 Å². The van der Waals surface area contributed by atoms with Crippen LogP contribution in [-0.4, -0.2) is 18.5 Å². The van der Waals surface area contributed by atoms with Crippen LogP contribution in [0.3, 0.4) is 0 Å². The van der Waals surface area contributed by atoms with Gasteiger partial charge in [-0.3, -0.25) is 0 Å². The molecule has 71 valence electrons. The minimum atomic E-state index is 0.948. The van der Waals surface area contributed by atoms with Gasteiger partial charge in [-0.25, -0.2) is 0 Å². The van der Waals surface area contributed by atoms with Gasteiger partial charge in [0.15, 0.2) is 0 Å². The topological polar surface area (TPSA) is 29.3 Å². The molecule has 0 atom stereocenters. The van der Waals surface area contributed by atoms with Gasteiger partial charge in [0.1, 0.15) is 0 Å². The van der Waals surface area contributed by atoms with Gasteiger partial charge in [-0.15, -0.1) is 0 Å². The molecular formula is C11H17N2. The molecule has 0 spiro atoms. The Balaban J connectivity index is 2.32. The fourth-order valence-electron chi connectivity index (χ4n) is 1.27. The van der Waals surface area contributed by atoms with Gasteiger partial charge in [-0.1, -0.05) is 30.3 Å². The van der Waals surface area contributed by atoms with Gasteiger partial charge in [-0.05, 0) is 25.6 Å². The lowest BCUT2D eigenvalue weighted by molar-refractivity contribution is 0.329. The second-order valence-corrected chi connectivity index (χ2v) is 3.25. The van der Waals surface area contributed by atoms with E-state index in [1.807, 2.05) is 6.07 Å². The van der Waals surface area contributed by atoms with Crippen LogP contribution in [-0.2, 0) is 6.54 Å². The molecule has 0 heterocycles. The fourth-order valence-corrected chi connectivity index (χ4v) is 1.27. The minimum absolute atomic E-state index is 0.948. The Morgan fingerprint density at radius 3 is 2.62 bits per heavy atom. The first-order valence-electron chi connectivity index (χ1n) is 4.59. The van der Waals surface area contributed by atoms with Crippen molar-refractivity contribution in [2.45, 2.75) is 13.0 Å². The van der Waals surface area contributed by atoms with Crippen LogP contribution in [0.5, 0.6) is 0 Å². The van der Waals surface area contributed by atoms with Gasteiger partial charge >= 0.3 is 0 Å². The molecule has 0 saturated heterocycles. The summed E-state index contributed by atoms with van der Waals surface area (Å²) in [5, 5.41) is 0. The third-order valence-corrected chi connectivity index (χ3v) is 1.97. The predicted molar refractivity (Wildman–Crippen MR) is 55.9 cm³/mol. The van der Waals surface area contributed by atoms with Crippen molar-refractivity contribution >= 4 is 0 Å². The Morgan fingerprint density at radius 1 is 1.31 bits per heavy atom. The summed E-state index contributed by atoms with van der Waals surface area (Å²) in [5.41, 5.74) is 6.67. The Hall–Kier alpha value is -0.860. The molecule has 0 aliphatic heterocycles. The van der Waals surface area contributed by atoms with Crippen molar-refractivity contribution in [3.8, 4) is 0 Å². The smallest absolute Gasteiger partial charge is 0.0230 e. The lowest BCUT2D eigenvalue weighted by Gasteiger charge is -2.15. The van der Waals surface area contributed by atoms with Gasteiger partial charge in [0.25, 0.3) is 0 Å². The summed E-state index contributed by atoms with van der Waals surface area (Å²) in [4.78, 5) is 2.26. The summed E-state index contributed by atoms with van der Waals surface area (Å²) in [6.45, 7) is 3.72. The second-order valence-electron chi connectivity index (χ2n) is 3.25. The summed E-state index contributed by atoms with van der Waals surface area (Å²) < 4.78 is 0. The van der Waals surface area contributed by atoms with Crippen LogP contribution in [0.15, 0.2) is 30.3 Å². The first-order chi connectivity index (χ1) is 6.33. The van der Waals surface area contributed by atoms with E-state index in [1.54, 1.807) is 6.54 Å². The molecule has 1 rings (SSSR count). The molecule has 0 unspecified atom stereocenters. The third-order valence-electron chi connectivity index (χ3n) is 1.97. The molecule has 0 aliphatic rings. The Labute approximate surface area is 80.4 Å². The van der Waals surface area contributed by atoms with Crippen LogP contribution in [0.2, 0.25) is 0 Å². The Bertz CT molecular complexity index is 221. The van der Waals surface area contributed by atoms with Gasteiger partial charge in [-0.2, -0.15) is 0 Å². The Kier molecular flexibility index (Phi) is 4.50. The van der Waals surface area contributed by atoms with Crippen molar-refractivity contribution in [1.29, 1.82) is 0 Å². The molecule has 0 amide bonds. The zero-order chi connectivity index (χ0) is 9.52. The summed E-state index contributed by atoms with van der Waals surface area (Å²) in [5.74, 6) is 0. The second kappa shape index (κ2) is 5.73. The maximum Gasteiger partial charge on any atom is 0.0230 e. The van der Waals surface area contributed by atoms with E-state index in [1.165, 1.54) is 5.56 Å². The largest absolute Gasteiger partial charge is 0.326 e. The summed E-state index contributed by atoms with van der Waals surface area (Å²) in [6.07, 6.45) is 0.948. The highest BCUT2D eigenvalue weighted by molar-refractivity contribution is 5.14. The van der Waals surface area contributed by atoms with Crippen LogP contribution < -0.4 is 5.73 Å². The standard InChI is InChI=1S/C11H17N2/c1-13(9-5-8-12)10-11-6-3-2-4-7-11/h2-4,6-8H,5,9-10,12H2,1H3. The molecule has 0 bridgehead atoms. The SMILES string of the molecule is CN(CC[CH]N)Cc1ccccc1. The van der Waals surface area contributed by atoms with Crippen molar-refractivity contribution < 1.29 is 0 Å². The lowest BCUT2D eigenvalue weighted by Crippen LogP contribution is -2.19. The Morgan fingerprint density at radius 2 is 2.00 bits per heavy atom. The molecule has 1 aromatic carbocycles. The maximum atomic E-state index is 5.32. The van der Waals surface area contributed by atoms with Crippen LogP contribution in [0, 0.1) is 6.54 Å². The molecule has 0 aromatic heterocycles.